The maximum absolute atomic E-state index is 11.5. The summed E-state index contributed by atoms with van der Waals surface area (Å²) >= 11 is 0. The first-order chi connectivity index (χ1) is 8.29. The van der Waals surface area contributed by atoms with Crippen LogP contribution in [0.3, 0.4) is 0 Å². The van der Waals surface area contributed by atoms with Crippen LogP contribution in [0, 0.1) is 0 Å². The number of aliphatic hydroxyl groups excluding tert-OH is 1. The van der Waals surface area contributed by atoms with E-state index < -0.39 is 12.2 Å². The van der Waals surface area contributed by atoms with Gasteiger partial charge in [0.25, 0.3) is 0 Å². The van der Waals surface area contributed by atoms with Gasteiger partial charge in [0.15, 0.2) is 0 Å². The molecule has 4 heteroatoms. The van der Waals surface area contributed by atoms with Crippen LogP contribution >= 0.6 is 0 Å². The first-order valence-electron chi connectivity index (χ1n) is 6.00. The van der Waals surface area contributed by atoms with Crippen molar-refractivity contribution in [3.05, 3.63) is 35.4 Å². The SMILES string of the molecule is CC(O)c1ccccc1COC(=O)NC(C)(C)C. The number of benzene rings is 1. The van der Waals surface area contributed by atoms with E-state index in [0.717, 1.165) is 11.1 Å². The van der Waals surface area contributed by atoms with E-state index in [-0.39, 0.29) is 12.1 Å². The van der Waals surface area contributed by atoms with E-state index in [1.807, 2.05) is 45.0 Å². The molecule has 1 atom stereocenters. The molecule has 0 aliphatic carbocycles. The highest BCUT2D eigenvalue weighted by atomic mass is 16.5. The number of hydrogen-bond acceptors (Lipinski definition) is 3. The molecule has 2 N–H and O–H groups in total. The van der Waals surface area contributed by atoms with Gasteiger partial charge in [0.2, 0.25) is 0 Å². The molecule has 0 radical (unpaired) electrons. The van der Waals surface area contributed by atoms with Crippen molar-refractivity contribution in [1.82, 2.24) is 5.32 Å². The van der Waals surface area contributed by atoms with Gasteiger partial charge in [-0.05, 0) is 38.8 Å². The predicted molar refractivity (Wildman–Crippen MR) is 70.1 cm³/mol. The monoisotopic (exact) mass is 251 g/mol. The molecule has 0 spiro atoms. The van der Waals surface area contributed by atoms with Crippen molar-refractivity contribution in [2.75, 3.05) is 0 Å². The number of aliphatic hydroxyl groups is 1. The highest BCUT2D eigenvalue weighted by Crippen LogP contribution is 2.18. The van der Waals surface area contributed by atoms with Crippen LogP contribution < -0.4 is 5.32 Å². The summed E-state index contributed by atoms with van der Waals surface area (Å²) in [4.78, 5) is 11.5. The number of rotatable bonds is 3. The summed E-state index contributed by atoms with van der Waals surface area (Å²) in [5.41, 5.74) is 1.28. The van der Waals surface area contributed by atoms with Gasteiger partial charge in [-0.2, -0.15) is 0 Å². The minimum Gasteiger partial charge on any atom is -0.445 e. The molecule has 1 aromatic rings. The van der Waals surface area contributed by atoms with Gasteiger partial charge in [0.1, 0.15) is 6.61 Å². The lowest BCUT2D eigenvalue weighted by Crippen LogP contribution is -2.40. The Bertz CT molecular complexity index is 408. The van der Waals surface area contributed by atoms with Gasteiger partial charge in [0, 0.05) is 5.54 Å². The van der Waals surface area contributed by atoms with Gasteiger partial charge in [0.05, 0.1) is 6.10 Å². The number of hydrogen-bond donors (Lipinski definition) is 2. The van der Waals surface area contributed by atoms with E-state index in [9.17, 15) is 9.90 Å². The quantitative estimate of drug-likeness (QED) is 0.868. The Kier molecular flexibility index (Phi) is 4.73. The molecular formula is C14H21NO3. The number of carbonyl (C=O) groups is 1. The van der Waals surface area contributed by atoms with E-state index in [4.69, 9.17) is 4.74 Å². The van der Waals surface area contributed by atoms with Gasteiger partial charge in [-0.15, -0.1) is 0 Å². The van der Waals surface area contributed by atoms with Crippen LogP contribution in [0.2, 0.25) is 0 Å². The zero-order chi connectivity index (χ0) is 13.8. The highest BCUT2D eigenvalue weighted by Gasteiger charge is 2.15. The van der Waals surface area contributed by atoms with Crippen molar-refractivity contribution in [2.45, 2.75) is 45.9 Å². The molecule has 1 rings (SSSR count). The second-order valence-corrected chi connectivity index (χ2v) is 5.33. The Hall–Kier alpha value is -1.55. The summed E-state index contributed by atoms with van der Waals surface area (Å²) < 4.78 is 5.13. The summed E-state index contributed by atoms with van der Waals surface area (Å²) in [7, 11) is 0. The van der Waals surface area contributed by atoms with E-state index in [2.05, 4.69) is 5.32 Å². The Labute approximate surface area is 108 Å². The van der Waals surface area contributed by atoms with Gasteiger partial charge in [-0.3, -0.25) is 0 Å². The summed E-state index contributed by atoms with van der Waals surface area (Å²) in [5.74, 6) is 0. The van der Waals surface area contributed by atoms with Crippen LogP contribution in [-0.2, 0) is 11.3 Å². The van der Waals surface area contributed by atoms with Gasteiger partial charge in [-0.25, -0.2) is 4.79 Å². The normalized spacial score (nSPS) is 12.9. The van der Waals surface area contributed by atoms with E-state index in [1.54, 1.807) is 6.92 Å². The fraction of sp³-hybridized carbons (Fsp3) is 0.500. The molecule has 0 aromatic heterocycles. The van der Waals surface area contributed by atoms with Gasteiger partial charge in [-0.1, -0.05) is 24.3 Å². The number of carbonyl (C=O) groups excluding carboxylic acids is 1. The molecule has 1 amide bonds. The number of alkyl carbamates (subject to hydrolysis) is 1. The van der Waals surface area contributed by atoms with Crippen molar-refractivity contribution in [3.63, 3.8) is 0 Å². The summed E-state index contributed by atoms with van der Waals surface area (Å²) in [6.07, 6.45) is -1.03. The van der Waals surface area contributed by atoms with Gasteiger partial charge < -0.3 is 15.2 Å². The van der Waals surface area contributed by atoms with E-state index in [1.165, 1.54) is 0 Å². The second-order valence-electron chi connectivity index (χ2n) is 5.33. The standard InChI is InChI=1S/C14H21NO3/c1-10(16)12-8-6-5-7-11(12)9-18-13(17)15-14(2,3)4/h5-8,10,16H,9H2,1-4H3,(H,15,17). The molecule has 0 saturated carbocycles. The molecule has 4 nitrogen and oxygen atoms in total. The van der Waals surface area contributed by atoms with Crippen LogP contribution in [0.4, 0.5) is 4.79 Å². The molecule has 100 valence electrons. The third-order valence-electron chi connectivity index (χ3n) is 2.34. The van der Waals surface area contributed by atoms with E-state index >= 15 is 0 Å². The third kappa shape index (κ3) is 4.75. The molecule has 0 bridgehead atoms. The Morgan fingerprint density at radius 2 is 2.00 bits per heavy atom. The number of ether oxygens (including phenoxy) is 1. The second kappa shape index (κ2) is 5.87. The molecule has 1 unspecified atom stereocenters. The first kappa shape index (κ1) is 14.5. The summed E-state index contributed by atoms with van der Waals surface area (Å²) in [5, 5.41) is 12.3. The first-order valence-corrected chi connectivity index (χ1v) is 6.00. The Morgan fingerprint density at radius 1 is 1.39 bits per heavy atom. The van der Waals surface area contributed by atoms with Crippen molar-refractivity contribution < 1.29 is 14.6 Å². The molecule has 0 aliphatic heterocycles. The molecule has 0 aliphatic rings. The largest absolute Gasteiger partial charge is 0.445 e. The Morgan fingerprint density at radius 3 is 2.56 bits per heavy atom. The zero-order valence-corrected chi connectivity index (χ0v) is 11.4. The lowest BCUT2D eigenvalue weighted by molar-refractivity contribution is 0.129. The summed E-state index contributed by atoms with van der Waals surface area (Å²) in [6.45, 7) is 7.51. The average Bonchev–Trinajstić information content (AvgIpc) is 2.24. The topological polar surface area (TPSA) is 58.6 Å². The summed E-state index contributed by atoms with van der Waals surface area (Å²) in [6, 6.07) is 7.37. The molecule has 0 heterocycles. The molecule has 18 heavy (non-hydrogen) atoms. The smallest absolute Gasteiger partial charge is 0.407 e. The van der Waals surface area contributed by atoms with Crippen molar-refractivity contribution in [3.8, 4) is 0 Å². The third-order valence-corrected chi connectivity index (χ3v) is 2.34. The van der Waals surface area contributed by atoms with Crippen molar-refractivity contribution in [1.29, 1.82) is 0 Å². The van der Waals surface area contributed by atoms with Crippen LogP contribution in [0.25, 0.3) is 0 Å². The van der Waals surface area contributed by atoms with Crippen LogP contribution in [0.1, 0.15) is 44.9 Å². The molecule has 0 saturated heterocycles. The molecule has 0 fully saturated rings. The predicted octanol–water partition coefficient (Wildman–Crippen LogP) is 2.76. The van der Waals surface area contributed by atoms with Crippen molar-refractivity contribution >= 4 is 6.09 Å². The maximum atomic E-state index is 11.5. The van der Waals surface area contributed by atoms with Crippen LogP contribution in [0.5, 0.6) is 0 Å². The minimum atomic E-state index is -0.574. The molecular weight excluding hydrogens is 230 g/mol. The highest BCUT2D eigenvalue weighted by molar-refractivity contribution is 5.68. The van der Waals surface area contributed by atoms with E-state index in [0.29, 0.717) is 0 Å². The fourth-order valence-corrected chi connectivity index (χ4v) is 1.56. The fourth-order valence-electron chi connectivity index (χ4n) is 1.56. The van der Waals surface area contributed by atoms with Crippen molar-refractivity contribution in [2.24, 2.45) is 0 Å². The average molecular weight is 251 g/mol. The minimum absolute atomic E-state index is 0.156. The lowest BCUT2D eigenvalue weighted by atomic mass is 10.0. The number of amides is 1. The zero-order valence-electron chi connectivity index (χ0n) is 11.4. The molecule has 1 aromatic carbocycles. The van der Waals surface area contributed by atoms with Gasteiger partial charge >= 0.3 is 6.09 Å². The maximum Gasteiger partial charge on any atom is 0.407 e. The van der Waals surface area contributed by atoms with Crippen LogP contribution in [-0.4, -0.2) is 16.7 Å². The Balaban J connectivity index is 2.61. The number of nitrogens with one attached hydrogen (secondary N) is 1. The lowest BCUT2D eigenvalue weighted by Gasteiger charge is -2.20. The van der Waals surface area contributed by atoms with Crippen LogP contribution in [0.15, 0.2) is 24.3 Å².